The van der Waals surface area contributed by atoms with E-state index in [9.17, 15) is 0 Å². The normalized spacial score (nSPS) is 10.5. The van der Waals surface area contributed by atoms with Gasteiger partial charge in [-0.15, -0.1) is 0 Å². The Morgan fingerprint density at radius 1 is 1.47 bits per heavy atom. The Kier molecular flexibility index (Phi) is 4.92. The summed E-state index contributed by atoms with van der Waals surface area (Å²) in [6.07, 6.45) is 1.63. The van der Waals surface area contributed by atoms with Crippen molar-refractivity contribution in [3.05, 3.63) is 6.20 Å². The van der Waals surface area contributed by atoms with E-state index >= 15 is 0 Å². The van der Waals surface area contributed by atoms with E-state index in [0.29, 0.717) is 32.1 Å². The molecule has 0 amide bonds. The number of hydrogen-bond donors (Lipinski definition) is 2. The highest BCUT2D eigenvalue weighted by Gasteiger charge is 2.04. The van der Waals surface area contributed by atoms with Gasteiger partial charge in [0.1, 0.15) is 5.82 Å². The molecule has 0 fully saturated rings. The van der Waals surface area contributed by atoms with E-state index in [4.69, 9.17) is 15.2 Å². The van der Waals surface area contributed by atoms with E-state index in [1.165, 1.54) is 0 Å². The maximum absolute atomic E-state index is 5.70. The lowest BCUT2D eigenvalue weighted by molar-refractivity contribution is 0.0656. The second-order valence-electron chi connectivity index (χ2n) is 3.03. The molecule has 1 rings (SSSR count). The second-order valence-corrected chi connectivity index (χ2v) is 3.03. The van der Waals surface area contributed by atoms with Gasteiger partial charge in [-0.3, -0.25) is 0 Å². The Balaban J connectivity index is 2.30. The number of anilines is 2. The van der Waals surface area contributed by atoms with Crippen molar-refractivity contribution in [1.82, 2.24) is 9.78 Å². The molecule has 0 radical (unpaired) electrons. The average Bonchev–Trinajstić information content (AvgIpc) is 2.59. The monoisotopic (exact) mass is 214 g/mol. The molecule has 0 bridgehead atoms. The molecule has 1 aromatic rings. The number of rotatable bonds is 7. The third-order valence-electron chi connectivity index (χ3n) is 1.98. The Labute approximate surface area is 89.3 Å². The Bertz CT molecular complexity index is 288. The number of hydrogen-bond acceptors (Lipinski definition) is 5. The summed E-state index contributed by atoms with van der Waals surface area (Å²) >= 11 is 0. The standard InChI is InChI=1S/C9H18N4O2/c1-11-9-8(10)7-12-13(9)3-4-15-6-5-14-2/h7,11H,3-6,10H2,1-2H3. The molecule has 1 aromatic heterocycles. The smallest absolute Gasteiger partial charge is 0.147 e. The first kappa shape index (κ1) is 11.8. The van der Waals surface area contributed by atoms with Gasteiger partial charge in [0, 0.05) is 14.2 Å². The van der Waals surface area contributed by atoms with E-state index in [2.05, 4.69) is 10.4 Å². The largest absolute Gasteiger partial charge is 0.394 e. The first-order valence-electron chi connectivity index (χ1n) is 4.85. The molecule has 0 atom stereocenters. The molecule has 6 nitrogen and oxygen atoms in total. The number of methoxy groups -OCH3 is 1. The predicted molar refractivity (Wildman–Crippen MR) is 58.9 cm³/mol. The third kappa shape index (κ3) is 3.41. The summed E-state index contributed by atoms with van der Waals surface area (Å²) < 4.78 is 12.0. The van der Waals surface area contributed by atoms with Gasteiger partial charge < -0.3 is 20.5 Å². The molecular weight excluding hydrogens is 196 g/mol. The molecular formula is C9H18N4O2. The molecule has 3 N–H and O–H groups in total. The van der Waals surface area contributed by atoms with Crippen molar-refractivity contribution in [2.75, 3.05) is 45.0 Å². The summed E-state index contributed by atoms with van der Waals surface area (Å²) in [5.74, 6) is 0.824. The quantitative estimate of drug-likeness (QED) is 0.633. The van der Waals surface area contributed by atoms with Crippen LogP contribution in [0.4, 0.5) is 11.5 Å². The lowest BCUT2D eigenvalue weighted by Crippen LogP contribution is -2.12. The highest BCUT2D eigenvalue weighted by atomic mass is 16.5. The molecule has 0 aliphatic rings. The molecule has 0 spiro atoms. The Morgan fingerprint density at radius 3 is 2.93 bits per heavy atom. The molecule has 0 aliphatic carbocycles. The molecule has 0 unspecified atom stereocenters. The molecule has 0 aliphatic heterocycles. The fourth-order valence-electron chi connectivity index (χ4n) is 1.24. The molecule has 1 heterocycles. The molecule has 0 saturated heterocycles. The van der Waals surface area contributed by atoms with Crippen LogP contribution in [0.25, 0.3) is 0 Å². The molecule has 15 heavy (non-hydrogen) atoms. The van der Waals surface area contributed by atoms with Gasteiger partial charge in [0.25, 0.3) is 0 Å². The van der Waals surface area contributed by atoms with Crippen molar-refractivity contribution >= 4 is 11.5 Å². The zero-order chi connectivity index (χ0) is 11.1. The van der Waals surface area contributed by atoms with Crippen molar-refractivity contribution in [3.8, 4) is 0 Å². The molecule has 0 aromatic carbocycles. The van der Waals surface area contributed by atoms with Gasteiger partial charge in [-0.25, -0.2) is 4.68 Å². The van der Waals surface area contributed by atoms with E-state index in [1.54, 1.807) is 18.0 Å². The molecule has 6 heteroatoms. The van der Waals surface area contributed by atoms with Gasteiger partial charge in [-0.2, -0.15) is 5.10 Å². The number of ether oxygens (including phenoxy) is 2. The number of nitrogens with two attached hydrogens (primary N) is 1. The van der Waals surface area contributed by atoms with Gasteiger partial charge in [-0.05, 0) is 0 Å². The van der Waals surface area contributed by atoms with Crippen LogP contribution >= 0.6 is 0 Å². The first-order valence-corrected chi connectivity index (χ1v) is 4.85. The molecule has 86 valence electrons. The lowest BCUT2D eigenvalue weighted by atomic mass is 10.5. The lowest BCUT2D eigenvalue weighted by Gasteiger charge is -2.07. The van der Waals surface area contributed by atoms with Gasteiger partial charge in [0.2, 0.25) is 0 Å². The number of nitrogens with zero attached hydrogens (tertiary/aromatic N) is 2. The molecule has 0 saturated carbocycles. The summed E-state index contributed by atoms with van der Waals surface area (Å²) in [5, 5.41) is 7.11. The third-order valence-corrected chi connectivity index (χ3v) is 1.98. The van der Waals surface area contributed by atoms with Crippen LogP contribution in [-0.2, 0) is 16.0 Å². The maximum atomic E-state index is 5.70. The zero-order valence-electron chi connectivity index (χ0n) is 9.19. The van der Waals surface area contributed by atoms with E-state index in [-0.39, 0.29) is 0 Å². The number of nitrogen functional groups attached to an aromatic ring is 1. The fourth-order valence-corrected chi connectivity index (χ4v) is 1.24. The topological polar surface area (TPSA) is 74.3 Å². The summed E-state index contributed by atoms with van der Waals surface area (Å²) in [6, 6.07) is 0. The van der Waals surface area contributed by atoms with Crippen molar-refractivity contribution in [2.45, 2.75) is 6.54 Å². The van der Waals surface area contributed by atoms with Crippen molar-refractivity contribution in [2.24, 2.45) is 0 Å². The summed E-state index contributed by atoms with van der Waals surface area (Å²) in [4.78, 5) is 0. The fraction of sp³-hybridized carbons (Fsp3) is 0.667. The average molecular weight is 214 g/mol. The Hall–Kier alpha value is -1.27. The van der Waals surface area contributed by atoms with Crippen LogP contribution in [0.1, 0.15) is 0 Å². The van der Waals surface area contributed by atoms with Gasteiger partial charge in [0.05, 0.1) is 38.2 Å². The van der Waals surface area contributed by atoms with Crippen LogP contribution in [0.3, 0.4) is 0 Å². The highest BCUT2D eigenvalue weighted by Crippen LogP contribution is 2.15. The predicted octanol–water partition coefficient (Wildman–Crippen LogP) is 0.170. The number of aromatic nitrogens is 2. The maximum Gasteiger partial charge on any atom is 0.147 e. The van der Waals surface area contributed by atoms with Crippen LogP contribution in [-0.4, -0.2) is 43.8 Å². The van der Waals surface area contributed by atoms with Crippen LogP contribution in [0.2, 0.25) is 0 Å². The van der Waals surface area contributed by atoms with Gasteiger partial charge in [-0.1, -0.05) is 0 Å². The minimum Gasteiger partial charge on any atom is -0.394 e. The van der Waals surface area contributed by atoms with Crippen LogP contribution in [0.15, 0.2) is 6.20 Å². The SMILES string of the molecule is CNc1c(N)cnn1CCOCCOC. The summed E-state index contributed by atoms with van der Waals surface area (Å²) in [7, 11) is 3.46. The van der Waals surface area contributed by atoms with Crippen LogP contribution in [0.5, 0.6) is 0 Å². The van der Waals surface area contributed by atoms with E-state index < -0.39 is 0 Å². The van der Waals surface area contributed by atoms with Gasteiger partial charge in [0.15, 0.2) is 0 Å². The summed E-state index contributed by atoms with van der Waals surface area (Å²) in [6.45, 7) is 2.48. The van der Waals surface area contributed by atoms with Crippen LogP contribution in [0, 0.1) is 0 Å². The second kappa shape index (κ2) is 6.26. The Morgan fingerprint density at radius 2 is 2.27 bits per heavy atom. The summed E-state index contributed by atoms with van der Waals surface area (Å²) in [5.41, 5.74) is 6.34. The first-order chi connectivity index (χ1) is 7.29. The minimum atomic E-state index is 0.596. The number of nitrogens with one attached hydrogen (secondary N) is 1. The van der Waals surface area contributed by atoms with Crippen molar-refractivity contribution in [3.63, 3.8) is 0 Å². The highest BCUT2D eigenvalue weighted by molar-refractivity contribution is 5.60. The van der Waals surface area contributed by atoms with Gasteiger partial charge >= 0.3 is 0 Å². The van der Waals surface area contributed by atoms with E-state index in [0.717, 1.165) is 5.82 Å². The van der Waals surface area contributed by atoms with E-state index in [1.807, 2.05) is 7.05 Å². The zero-order valence-corrected chi connectivity index (χ0v) is 9.19. The minimum absolute atomic E-state index is 0.596. The van der Waals surface area contributed by atoms with Crippen molar-refractivity contribution in [1.29, 1.82) is 0 Å². The van der Waals surface area contributed by atoms with Crippen molar-refractivity contribution < 1.29 is 9.47 Å². The van der Waals surface area contributed by atoms with Crippen LogP contribution < -0.4 is 11.1 Å².